The molecule has 0 atom stereocenters. The molecule has 0 spiro atoms. The highest BCUT2D eigenvalue weighted by molar-refractivity contribution is 7.26. The third-order valence-corrected chi connectivity index (χ3v) is 15.7. The Bertz CT molecular complexity index is 3670. The lowest BCUT2D eigenvalue weighted by atomic mass is 9.68. The number of rotatable bonds is 7. The van der Waals surface area contributed by atoms with E-state index in [1.54, 1.807) is 0 Å². The second-order valence-electron chi connectivity index (χ2n) is 16.7. The van der Waals surface area contributed by atoms with Crippen LogP contribution in [0.1, 0.15) is 22.3 Å². The number of hydrogen-bond acceptors (Lipinski definition) is 3. The number of anilines is 3. The van der Waals surface area contributed by atoms with Crippen LogP contribution >= 0.6 is 22.7 Å². The zero-order valence-electron chi connectivity index (χ0n) is 34.8. The van der Waals surface area contributed by atoms with E-state index >= 15 is 0 Å². The van der Waals surface area contributed by atoms with Crippen molar-refractivity contribution in [2.24, 2.45) is 0 Å². The molecule has 1 aliphatic carbocycles. The van der Waals surface area contributed by atoms with Gasteiger partial charge in [-0.3, -0.25) is 0 Å². The van der Waals surface area contributed by atoms with E-state index in [4.69, 9.17) is 0 Å². The number of thiophene rings is 2. The Morgan fingerprint density at radius 3 is 1.53 bits per heavy atom. The van der Waals surface area contributed by atoms with Crippen LogP contribution in [0.2, 0.25) is 0 Å². The summed E-state index contributed by atoms with van der Waals surface area (Å²) in [5, 5.41) is 5.28. The van der Waals surface area contributed by atoms with Gasteiger partial charge < -0.3 is 4.90 Å². The molecule has 13 rings (SSSR count). The fraction of sp³-hybridized carbons (Fsp3) is 0.0164. The average Bonchev–Trinajstić information content (AvgIpc) is 4.04. The van der Waals surface area contributed by atoms with Gasteiger partial charge in [-0.15, -0.1) is 22.7 Å². The molecule has 0 aliphatic heterocycles. The van der Waals surface area contributed by atoms with Crippen LogP contribution in [0.4, 0.5) is 17.1 Å². The van der Waals surface area contributed by atoms with Gasteiger partial charge in [0.2, 0.25) is 0 Å². The average molecular weight is 850 g/mol. The van der Waals surface area contributed by atoms with Crippen LogP contribution in [-0.4, -0.2) is 0 Å². The molecule has 2 aromatic heterocycles. The van der Waals surface area contributed by atoms with Crippen LogP contribution in [0.3, 0.4) is 0 Å². The Labute approximate surface area is 380 Å². The second kappa shape index (κ2) is 14.8. The lowest BCUT2D eigenvalue weighted by Gasteiger charge is -2.34. The Morgan fingerprint density at radius 2 is 0.812 bits per heavy atom. The number of benzene rings is 10. The fourth-order valence-electron chi connectivity index (χ4n) is 10.6. The van der Waals surface area contributed by atoms with Crippen molar-refractivity contribution in [1.29, 1.82) is 0 Å². The third kappa shape index (κ3) is 5.61. The van der Waals surface area contributed by atoms with Gasteiger partial charge in [0, 0.05) is 57.4 Å². The Balaban J connectivity index is 0.984. The molecule has 0 unspecified atom stereocenters. The first kappa shape index (κ1) is 37.0. The largest absolute Gasteiger partial charge is 0.310 e. The fourth-order valence-corrected chi connectivity index (χ4v) is 13.0. The molecule has 0 bridgehead atoms. The third-order valence-electron chi connectivity index (χ3n) is 13.4. The highest BCUT2D eigenvalue weighted by atomic mass is 32.1. The molecule has 1 nitrogen and oxygen atoms in total. The zero-order chi connectivity index (χ0) is 42.2. The lowest BCUT2D eigenvalue weighted by Crippen LogP contribution is -2.28. The SMILES string of the molecule is c1ccc(C2(c3ccccc3)c3ccccc3-c3cc(N(c4ccc(-c5cccc6c5sc5ccccc56)cc4)c4ccc(-c5cccc6sc7ccccc7c56)cc4)ccc32)cc1. The Kier molecular flexibility index (Phi) is 8.55. The first-order chi connectivity index (χ1) is 31.7. The summed E-state index contributed by atoms with van der Waals surface area (Å²) in [4.78, 5) is 2.43. The minimum absolute atomic E-state index is 0.457. The minimum atomic E-state index is -0.457. The van der Waals surface area contributed by atoms with Gasteiger partial charge in [-0.1, -0.05) is 182 Å². The van der Waals surface area contributed by atoms with Crippen molar-refractivity contribution in [3.8, 4) is 33.4 Å². The zero-order valence-corrected chi connectivity index (χ0v) is 36.4. The Hall–Kier alpha value is -7.56. The molecular formula is C61H39NS2. The van der Waals surface area contributed by atoms with Gasteiger partial charge in [0.25, 0.3) is 0 Å². The predicted octanol–water partition coefficient (Wildman–Crippen LogP) is 17.6. The monoisotopic (exact) mass is 849 g/mol. The van der Waals surface area contributed by atoms with Crippen LogP contribution in [-0.2, 0) is 5.41 Å². The number of nitrogens with zero attached hydrogens (tertiary/aromatic N) is 1. The molecule has 1 aliphatic rings. The van der Waals surface area contributed by atoms with Crippen molar-refractivity contribution in [1.82, 2.24) is 0 Å². The van der Waals surface area contributed by atoms with Gasteiger partial charge in [0.05, 0.1) is 5.41 Å². The number of fused-ring (bicyclic) bond motifs is 9. The van der Waals surface area contributed by atoms with Gasteiger partial charge in [0.1, 0.15) is 0 Å². The molecular weight excluding hydrogens is 811 g/mol. The van der Waals surface area contributed by atoms with E-state index < -0.39 is 5.41 Å². The predicted molar refractivity (Wildman–Crippen MR) is 275 cm³/mol. The molecule has 2 heterocycles. The van der Waals surface area contributed by atoms with Crippen LogP contribution < -0.4 is 4.90 Å². The van der Waals surface area contributed by atoms with Gasteiger partial charge in [-0.2, -0.15) is 0 Å². The van der Waals surface area contributed by atoms with E-state index in [1.165, 1.54) is 96.0 Å². The summed E-state index contributed by atoms with van der Waals surface area (Å²) >= 11 is 3.75. The minimum Gasteiger partial charge on any atom is -0.310 e. The standard InChI is InChI=1S/C61H39NS2/c1-3-15-42(16-4-1)61(43-17-5-2-6-18-43)54-25-10-7-19-49(54)53-39-46(37-38-55(53)61)62(44-33-29-40(30-34-44)47-22-14-28-58-59(47)52-21-9-12-27-57(52)63-58)45-35-31-41(32-36-45)48-23-13-24-51-50-20-8-11-26-56(50)64-60(48)51/h1-39H. The summed E-state index contributed by atoms with van der Waals surface area (Å²) in [6.45, 7) is 0. The molecule has 3 heteroatoms. The quantitative estimate of drug-likeness (QED) is 0.154. The summed E-state index contributed by atoms with van der Waals surface area (Å²) in [7, 11) is 0. The maximum Gasteiger partial charge on any atom is 0.0713 e. The van der Waals surface area contributed by atoms with Crippen LogP contribution in [0.15, 0.2) is 237 Å². The molecule has 12 aromatic rings. The summed E-state index contributed by atoms with van der Waals surface area (Å²) in [6, 6.07) is 87.7. The van der Waals surface area contributed by atoms with E-state index in [1.807, 2.05) is 22.7 Å². The van der Waals surface area contributed by atoms with E-state index in [0.717, 1.165) is 17.1 Å². The summed E-state index contributed by atoms with van der Waals surface area (Å²) in [5.74, 6) is 0. The van der Waals surface area contributed by atoms with Crippen molar-refractivity contribution >= 4 is 80.1 Å². The second-order valence-corrected chi connectivity index (χ2v) is 18.9. The van der Waals surface area contributed by atoms with Gasteiger partial charge in [0.15, 0.2) is 0 Å². The summed E-state index contributed by atoms with van der Waals surface area (Å²) in [6.07, 6.45) is 0. The van der Waals surface area contributed by atoms with Crippen molar-refractivity contribution in [2.45, 2.75) is 5.41 Å². The van der Waals surface area contributed by atoms with E-state index in [-0.39, 0.29) is 0 Å². The molecule has 0 radical (unpaired) electrons. The van der Waals surface area contributed by atoms with Crippen LogP contribution in [0.5, 0.6) is 0 Å². The van der Waals surface area contributed by atoms with Gasteiger partial charge in [-0.25, -0.2) is 0 Å². The van der Waals surface area contributed by atoms with Crippen molar-refractivity contribution in [3.05, 3.63) is 259 Å². The maximum atomic E-state index is 2.43. The molecule has 0 fully saturated rings. The molecule has 64 heavy (non-hydrogen) atoms. The Morgan fingerprint density at radius 1 is 0.312 bits per heavy atom. The lowest BCUT2D eigenvalue weighted by molar-refractivity contribution is 0.768. The van der Waals surface area contributed by atoms with Crippen LogP contribution in [0.25, 0.3) is 73.7 Å². The highest BCUT2D eigenvalue weighted by Gasteiger charge is 2.46. The van der Waals surface area contributed by atoms with Gasteiger partial charge >= 0.3 is 0 Å². The maximum absolute atomic E-state index is 2.43. The first-order valence-electron chi connectivity index (χ1n) is 21.9. The summed E-state index contributed by atoms with van der Waals surface area (Å²) in [5.41, 5.74) is 15.5. The van der Waals surface area contributed by atoms with Crippen molar-refractivity contribution < 1.29 is 0 Å². The van der Waals surface area contributed by atoms with Crippen molar-refractivity contribution in [2.75, 3.05) is 4.90 Å². The topological polar surface area (TPSA) is 3.24 Å². The molecule has 0 amide bonds. The number of hydrogen-bond donors (Lipinski definition) is 0. The first-order valence-corrected chi connectivity index (χ1v) is 23.5. The summed E-state index contributed by atoms with van der Waals surface area (Å²) < 4.78 is 5.29. The molecule has 0 N–H and O–H groups in total. The smallest absolute Gasteiger partial charge is 0.0713 e. The normalized spacial score (nSPS) is 12.8. The molecule has 0 saturated carbocycles. The van der Waals surface area contributed by atoms with Crippen molar-refractivity contribution in [3.63, 3.8) is 0 Å². The molecule has 300 valence electrons. The molecule has 10 aromatic carbocycles. The van der Waals surface area contributed by atoms with Gasteiger partial charge in [-0.05, 0) is 110 Å². The van der Waals surface area contributed by atoms with E-state index in [2.05, 4.69) is 241 Å². The van der Waals surface area contributed by atoms with Crippen LogP contribution in [0, 0.1) is 0 Å². The van der Waals surface area contributed by atoms with E-state index in [9.17, 15) is 0 Å². The van der Waals surface area contributed by atoms with E-state index in [0.29, 0.717) is 0 Å². The molecule has 0 saturated heterocycles. The highest BCUT2D eigenvalue weighted by Crippen LogP contribution is 2.57.